The maximum Gasteiger partial charge on any atom is 0.247 e. The lowest BCUT2D eigenvalue weighted by atomic mass is 9.82. The van der Waals surface area contributed by atoms with E-state index in [2.05, 4.69) is 26.8 Å². The summed E-state index contributed by atoms with van der Waals surface area (Å²) in [5, 5.41) is 0. The van der Waals surface area contributed by atoms with Gasteiger partial charge in [0.15, 0.2) is 6.29 Å². The number of rotatable bonds is 14. The summed E-state index contributed by atoms with van der Waals surface area (Å²) in [5.41, 5.74) is 6.78. The molecular formula is C30H40BrN3O6S. The Labute approximate surface area is 251 Å². The van der Waals surface area contributed by atoms with Crippen LogP contribution in [-0.4, -0.2) is 43.8 Å². The molecule has 1 saturated heterocycles. The number of hydrazine groups is 1. The van der Waals surface area contributed by atoms with Gasteiger partial charge >= 0.3 is 0 Å². The molecule has 2 amide bonds. The summed E-state index contributed by atoms with van der Waals surface area (Å²) in [7, 11) is -3.82. The fourth-order valence-electron chi connectivity index (χ4n) is 4.54. The number of benzene rings is 2. The van der Waals surface area contributed by atoms with Gasteiger partial charge in [-0.1, -0.05) is 84.4 Å². The standard InChI is InChI=1S/C30H40BrN3O6S/c1-22(2)20-27(29(35)32-34(41(3,37)38)21-24-15-17-25(31)18-16-24)26(13-9-12-23-10-5-4-6-11-23)30(36)33-40-28-14-7-8-19-39-28/h4-6,9-12,15-18,22,26-28H,7-8,13-14,19-21H2,1-3H3,(H,32,35)(H,33,36)/t26-,27?,28+/m1/s1. The van der Waals surface area contributed by atoms with Crippen molar-refractivity contribution in [1.82, 2.24) is 15.3 Å². The summed E-state index contributed by atoms with van der Waals surface area (Å²) >= 11 is 3.37. The molecule has 1 aliphatic rings. The molecule has 41 heavy (non-hydrogen) atoms. The first kappa shape index (κ1) is 32.9. The van der Waals surface area contributed by atoms with Crippen LogP contribution >= 0.6 is 15.9 Å². The number of sulfonamides is 1. The van der Waals surface area contributed by atoms with E-state index in [4.69, 9.17) is 9.57 Å². The van der Waals surface area contributed by atoms with Crippen LogP contribution in [0.25, 0.3) is 6.08 Å². The van der Waals surface area contributed by atoms with Crippen molar-refractivity contribution in [3.05, 3.63) is 76.3 Å². The average molecular weight is 651 g/mol. The van der Waals surface area contributed by atoms with Crippen molar-refractivity contribution in [2.24, 2.45) is 17.8 Å². The van der Waals surface area contributed by atoms with E-state index < -0.39 is 40.0 Å². The number of nitrogens with one attached hydrogen (secondary N) is 2. The number of hydrogen-bond donors (Lipinski definition) is 2. The number of halogens is 1. The van der Waals surface area contributed by atoms with Gasteiger partial charge in [-0.3, -0.25) is 15.0 Å². The molecule has 0 aliphatic carbocycles. The number of hydrogen-bond acceptors (Lipinski definition) is 6. The normalized spacial score (nSPS) is 17.5. The lowest BCUT2D eigenvalue weighted by Crippen LogP contribution is -2.50. The van der Waals surface area contributed by atoms with Crippen LogP contribution in [0, 0.1) is 17.8 Å². The number of carbonyl (C=O) groups excluding carboxylic acids is 2. The summed E-state index contributed by atoms with van der Waals surface area (Å²) in [6.07, 6.45) is 7.38. The lowest BCUT2D eigenvalue weighted by Gasteiger charge is -2.30. The van der Waals surface area contributed by atoms with Crippen molar-refractivity contribution >= 4 is 43.8 Å². The van der Waals surface area contributed by atoms with E-state index in [1.54, 1.807) is 24.3 Å². The molecule has 0 aromatic heterocycles. The summed E-state index contributed by atoms with van der Waals surface area (Å²) in [5.74, 6) is -2.62. The van der Waals surface area contributed by atoms with Gasteiger partial charge in [-0.05, 0) is 54.9 Å². The molecular weight excluding hydrogens is 610 g/mol. The van der Waals surface area contributed by atoms with Crippen LogP contribution in [0.5, 0.6) is 0 Å². The van der Waals surface area contributed by atoms with Crippen LogP contribution in [-0.2, 0) is 35.7 Å². The second kappa shape index (κ2) is 16.2. The monoisotopic (exact) mass is 649 g/mol. The van der Waals surface area contributed by atoms with E-state index >= 15 is 0 Å². The Balaban J connectivity index is 1.84. The smallest absolute Gasteiger partial charge is 0.247 e. The van der Waals surface area contributed by atoms with E-state index in [0.29, 0.717) is 25.0 Å². The molecule has 1 fully saturated rings. The van der Waals surface area contributed by atoms with Crippen molar-refractivity contribution in [2.45, 2.75) is 58.8 Å². The molecule has 2 aromatic rings. The molecule has 0 radical (unpaired) electrons. The lowest BCUT2D eigenvalue weighted by molar-refractivity contribution is -0.203. The summed E-state index contributed by atoms with van der Waals surface area (Å²) < 4.78 is 32.7. The Bertz CT molecular complexity index is 1250. The summed E-state index contributed by atoms with van der Waals surface area (Å²) in [6, 6.07) is 16.8. The third kappa shape index (κ3) is 11.3. The molecule has 3 atom stereocenters. The minimum absolute atomic E-state index is 0.0555. The molecule has 224 valence electrons. The highest BCUT2D eigenvalue weighted by Crippen LogP contribution is 2.26. The topological polar surface area (TPSA) is 114 Å². The van der Waals surface area contributed by atoms with E-state index in [1.165, 1.54) is 0 Å². The predicted molar refractivity (Wildman–Crippen MR) is 162 cm³/mol. The second-order valence-corrected chi connectivity index (χ2v) is 13.5. The van der Waals surface area contributed by atoms with Gasteiger partial charge in [-0.25, -0.2) is 18.7 Å². The van der Waals surface area contributed by atoms with E-state index in [1.807, 2.05) is 56.3 Å². The number of allylic oxidation sites excluding steroid dienone is 1. The van der Waals surface area contributed by atoms with Crippen molar-refractivity contribution in [3.63, 3.8) is 0 Å². The van der Waals surface area contributed by atoms with Crippen LogP contribution in [0.4, 0.5) is 0 Å². The Morgan fingerprint density at radius 1 is 1.07 bits per heavy atom. The number of carbonyl (C=O) groups is 2. The number of ether oxygens (including phenoxy) is 1. The number of amides is 2. The third-order valence-corrected chi connectivity index (χ3v) is 8.24. The Morgan fingerprint density at radius 2 is 1.78 bits per heavy atom. The quantitative estimate of drug-likeness (QED) is 0.272. The second-order valence-electron chi connectivity index (χ2n) is 10.6. The number of hydroxylamine groups is 1. The van der Waals surface area contributed by atoms with Gasteiger partial charge in [0.25, 0.3) is 0 Å². The largest absolute Gasteiger partial charge is 0.350 e. The van der Waals surface area contributed by atoms with Crippen molar-refractivity contribution in [3.8, 4) is 0 Å². The predicted octanol–water partition coefficient (Wildman–Crippen LogP) is 5.20. The molecule has 1 heterocycles. The zero-order valence-electron chi connectivity index (χ0n) is 23.8. The zero-order valence-corrected chi connectivity index (χ0v) is 26.2. The van der Waals surface area contributed by atoms with Crippen LogP contribution < -0.4 is 10.9 Å². The zero-order chi connectivity index (χ0) is 29.8. The molecule has 1 aliphatic heterocycles. The molecule has 0 saturated carbocycles. The van der Waals surface area contributed by atoms with Crippen LogP contribution in [0.15, 0.2) is 65.1 Å². The van der Waals surface area contributed by atoms with Crippen molar-refractivity contribution in [2.75, 3.05) is 12.9 Å². The molecule has 2 aromatic carbocycles. The van der Waals surface area contributed by atoms with Gasteiger partial charge in [0, 0.05) is 17.5 Å². The highest BCUT2D eigenvalue weighted by Gasteiger charge is 2.36. The molecule has 9 nitrogen and oxygen atoms in total. The van der Waals surface area contributed by atoms with Gasteiger partial charge in [0.2, 0.25) is 21.8 Å². The number of nitrogens with zero attached hydrogens (tertiary/aromatic N) is 1. The molecule has 3 rings (SSSR count). The van der Waals surface area contributed by atoms with Gasteiger partial charge in [-0.2, -0.15) is 0 Å². The maximum absolute atomic E-state index is 13.8. The van der Waals surface area contributed by atoms with Gasteiger partial charge < -0.3 is 4.74 Å². The van der Waals surface area contributed by atoms with Gasteiger partial charge in [0.1, 0.15) is 0 Å². The minimum Gasteiger partial charge on any atom is -0.350 e. The summed E-state index contributed by atoms with van der Waals surface area (Å²) in [6.45, 7) is 4.41. The highest BCUT2D eigenvalue weighted by molar-refractivity contribution is 9.10. The minimum atomic E-state index is -3.82. The Kier molecular flexibility index (Phi) is 13.0. The van der Waals surface area contributed by atoms with E-state index in [9.17, 15) is 18.0 Å². The SMILES string of the molecule is CC(C)CC(C(=O)NN(Cc1ccc(Br)cc1)S(C)(=O)=O)[C@@H](CC=Cc1ccccc1)C(=O)NO[C@H]1CCCCO1. The molecule has 0 bridgehead atoms. The molecule has 2 N–H and O–H groups in total. The maximum atomic E-state index is 13.8. The first-order valence-corrected chi connectivity index (χ1v) is 16.5. The van der Waals surface area contributed by atoms with Crippen LogP contribution in [0.1, 0.15) is 57.1 Å². The molecule has 11 heteroatoms. The van der Waals surface area contributed by atoms with Gasteiger partial charge in [-0.15, -0.1) is 4.41 Å². The first-order chi connectivity index (χ1) is 19.5. The molecule has 0 spiro atoms. The summed E-state index contributed by atoms with van der Waals surface area (Å²) in [4.78, 5) is 32.9. The Morgan fingerprint density at radius 3 is 2.39 bits per heavy atom. The third-order valence-electron chi connectivity index (χ3n) is 6.69. The highest BCUT2D eigenvalue weighted by atomic mass is 79.9. The first-order valence-electron chi connectivity index (χ1n) is 13.8. The fourth-order valence-corrected chi connectivity index (χ4v) is 5.44. The van der Waals surface area contributed by atoms with Gasteiger partial charge in [0.05, 0.1) is 24.6 Å². The van der Waals surface area contributed by atoms with E-state index in [-0.39, 0.29) is 18.9 Å². The van der Waals surface area contributed by atoms with Crippen LogP contribution in [0.2, 0.25) is 0 Å². The van der Waals surface area contributed by atoms with Crippen molar-refractivity contribution in [1.29, 1.82) is 0 Å². The van der Waals surface area contributed by atoms with Crippen molar-refractivity contribution < 1.29 is 27.6 Å². The average Bonchev–Trinajstić information content (AvgIpc) is 2.94. The molecule has 1 unspecified atom stereocenters. The van der Waals surface area contributed by atoms with Crippen LogP contribution in [0.3, 0.4) is 0 Å². The Hall–Kier alpha value is -2.57. The van der Waals surface area contributed by atoms with E-state index in [0.717, 1.165) is 33.5 Å². The fraction of sp³-hybridized carbons (Fsp3) is 0.467.